The Hall–Kier alpha value is -2.37. The van der Waals surface area contributed by atoms with E-state index >= 15 is 0 Å². The molecule has 0 saturated carbocycles. The monoisotopic (exact) mass is 265 g/mol. The van der Waals surface area contributed by atoms with Crippen LogP contribution >= 0.6 is 0 Å². The number of hydrogen-bond acceptors (Lipinski definition) is 5. The van der Waals surface area contributed by atoms with Gasteiger partial charge in [-0.05, 0) is 18.4 Å². The molecule has 0 atom stereocenters. The lowest BCUT2D eigenvalue weighted by Gasteiger charge is -2.07. The molecule has 0 fully saturated rings. The molecule has 0 amide bonds. The molecule has 6 nitrogen and oxygen atoms in total. The lowest BCUT2D eigenvalue weighted by molar-refractivity contribution is -0.757. The SMILES string of the molecule is C=C(C(=O)OCCCCO[N+](=O)[O-])c1ccccc1. The Balaban J connectivity index is 2.21. The van der Waals surface area contributed by atoms with Gasteiger partial charge in [-0.15, -0.1) is 10.1 Å². The number of ether oxygens (including phenoxy) is 1. The molecule has 0 aliphatic carbocycles. The van der Waals surface area contributed by atoms with Crippen molar-refractivity contribution in [2.24, 2.45) is 0 Å². The van der Waals surface area contributed by atoms with Crippen LogP contribution in [0.5, 0.6) is 0 Å². The average molecular weight is 265 g/mol. The summed E-state index contributed by atoms with van der Waals surface area (Å²) in [6.07, 6.45) is 0.952. The van der Waals surface area contributed by atoms with E-state index < -0.39 is 11.1 Å². The van der Waals surface area contributed by atoms with Gasteiger partial charge in [-0.1, -0.05) is 36.9 Å². The van der Waals surface area contributed by atoms with Crippen molar-refractivity contribution in [2.45, 2.75) is 12.8 Å². The van der Waals surface area contributed by atoms with Gasteiger partial charge in [-0.2, -0.15) is 0 Å². The van der Waals surface area contributed by atoms with Gasteiger partial charge in [0.15, 0.2) is 0 Å². The highest BCUT2D eigenvalue weighted by Gasteiger charge is 2.10. The lowest BCUT2D eigenvalue weighted by Crippen LogP contribution is -2.09. The van der Waals surface area contributed by atoms with E-state index in [1.165, 1.54) is 0 Å². The van der Waals surface area contributed by atoms with Crippen LogP contribution in [-0.4, -0.2) is 24.3 Å². The predicted octanol–water partition coefficient (Wildman–Crippen LogP) is 2.23. The first kappa shape index (κ1) is 14.7. The number of rotatable bonds is 8. The first-order valence-electron chi connectivity index (χ1n) is 5.80. The van der Waals surface area contributed by atoms with Crippen LogP contribution in [0.2, 0.25) is 0 Å². The minimum atomic E-state index is -0.844. The van der Waals surface area contributed by atoms with Crippen LogP contribution in [0, 0.1) is 10.1 Å². The predicted molar refractivity (Wildman–Crippen MR) is 68.6 cm³/mol. The zero-order chi connectivity index (χ0) is 14.1. The second-order valence-corrected chi connectivity index (χ2v) is 3.74. The van der Waals surface area contributed by atoms with Gasteiger partial charge in [0.05, 0.1) is 18.8 Å². The summed E-state index contributed by atoms with van der Waals surface area (Å²) < 4.78 is 5.00. The Morgan fingerprint density at radius 2 is 1.84 bits per heavy atom. The molecule has 1 aromatic carbocycles. The van der Waals surface area contributed by atoms with Crippen LogP contribution in [-0.2, 0) is 14.4 Å². The number of benzene rings is 1. The minimum absolute atomic E-state index is 0.00415. The van der Waals surface area contributed by atoms with Gasteiger partial charge >= 0.3 is 5.97 Å². The average Bonchev–Trinajstić information content (AvgIpc) is 2.42. The van der Waals surface area contributed by atoms with Gasteiger partial charge < -0.3 is 9.57 Å². The van der Waals surface area contributed by atoms with Crippen molar-refractivity contribution >= 4 is 11.5 Å². The van der Waals surface area contributed by atoms with Crippen molar-refractivity contribution in [2.75, 3.05) is 13.2 Å². The van der Waals surface area contributed by atoms with E-state index in [0.29, 0.717) is 24.0 Å². The molecule has 0 unspecified atom stereocenters. The van der Waals surface area contributed by atoms with Gasteiger partial charge in [0.25, 0.3) is 5.09 Å². The summed E-state index contributed by atoms with van der Waals surface area (Å²) in [5, 5.41) is 9.03. The van der Waals surface area contributed by atoms with Gasteiger partial charge in [0.2, 0.25) is 0 Å². The van der Waals surface area contributed by atoms with Gasteiger partial charge in [0, 0.05) is 0 Å². The third-order valence-electron chi connectivity index (χ3n) is 2.34. The number of unbranched alkanes of at least 4 members (excludes halogenated alkanes) is 1. The van der Waals surface area contributed by atoms with Crippen LogP contribution in [0.15, 0.2) is 36.9 Å². The Kier molecular flexibility index (Phi) is 6.08. The molecule has 6 heteroatoms. The normalized spacial score (nSPS) is 9.68. The Morgan fingerprint density at radius 1 is 1.21 bits per heavy atom. The summed E-state index contributed by atoms with van der Waals surface area (Å²) in [5.74, 6) is -0.485. The van der Waals surface area contributed by atoms with Crippen molar-refractivity contribution in [1.29, 1.82) is 0 Å². The third-order valence-corrected chi connectivity index (χ3v) is 2.34. The largest absolute Gasteiger partial charge is 0.462 e. The molecule has 0 aliphatic heterocycles. The second-order valence-electron chi connectivity index (χ2n) is 3.74. The number of carbonyl (C=O) groups excluding carboxylic acids is 1. The molecule has 0 aromatic heterocycles. The van der Waals surface area contributed by atoms with Crippen LogP contribution < -0.4 is 0 Å². The van der Waals surface area contributed by atoms with Crippen molar-refractivity contribution in [3.05, 3.63) is 52.6 Å². The molecule has 0 spiro atoms. The maximum Gasteiger partial charge on any atom is 0.338 e. The number of nitrogens with zero attached hydrogens (tertiary/aromatic N) is 1. The van der Waals surface area contributed by atoms with Crippen molar-refractivity contribution in [1.82, 2.24) is 0 Å². The topological polar surface area (TPSA) is 78.7 Å². The third kappa shape index (κ3) is 5.67. The zero-order valence-electron chi connectivity index (χ0n) is 10.4. The summed E-state index contributed by atoms with van der Waals surface area (Å²) in [6.45, 7) is 3.87. The number of hydrogen-bond donors (Lipinski definition) is 0. The van der Waals surface area contributed by atoms with Crippen molar-refractivity contribution < 1.29 is 19.5 Å². The molecule has 0 radical (unpaired) electrons. The molecular formula is C13H15NO5. The summed E-state index contributed by atoms with van der Waals surface area (Å²) in [6, 6.07) is 9.01. The summed E-state index contributed by atoms with van der Waals surface area (Å²) in [5.41, 5.74) is 1.01. The minimum Gasteiger partial charge on any atom is -0.462 e. The molecule has 0 bridgehead atoms. The van der Waals surface area contributed by atoms with Gasteiger partial charge in [-0.3, -0.25) is 0 Å². The van der Waals surface area contributed by atoms with Crippen LogP contribution in [0.1, 0.15) is 18.4 Å². The summed E-state index contributed by atoms with van der Waals surface area (Å²) in [4.78, 5) is 25.6. The molecular weight excluding hydrogens is 250 g/mol. The molecule has 0 heterocycles. The molecule has 102 valence electrons. The van der Waals surface area contributed by atoms with E-state index in [-0.39, 0.29) is 13.2 Å². The van der Waals surface area contributed by atoms with E-state index in [2.05, 4.69) is 11.4 Å². The number of esters is 1. The Morgan fingerprint density at radius 3 is 2.47 bits per heavy atom. The maximum absolute atomic E-state index is 11.6. The zero-order valence-corrected chi connectivity index (χ0v) is 10.4. The fourth-order valence-electron chi connectivity index (χ4n) is 1.35. The highest BCUT2D eigenvalue weighted by molar-refractivity contribution is 6.15. The molecule has 0 saturated heterocycles. The number of carbonyl (C=O) groups is 1. The Bertz CT molecular complexity index is 444. The quantitative estimate of drug-likeness (QED) is 0.237. The van der Waals surface area contributed by atoms with Crippen LogP contribution in [0.4, 0.5) is 0 Å². The summed E-state index contributed by atoms with van der Waals surface area (Å²) >= 11 is 0. The smallest absolute Gasteiger partial charge is 0.338 e. The second kappa shape index (κ2) is 7.86. The first-order valence-corrected chi connectivity index (χ1v) is 5.80. The standard InChI is InChI=1S/C13H15NO5/c1-11(12-7-3-2-4-8-12)13(15)18-9-5-6-10-19-14(16)17/h2-4,7-8H,1,5-6,9-10H2. The molecule has 0 aliphatic rings. The molecule has 19 heavy (non-hydrogen) atoms. The van der Waals surface area contributed by atoms with Gasteiger partial charge in [-0.25, -0.2) is 4.79 Å². The highest BCUT2D eigenvalue weighted by Crippen LogP contribution is 2.13. The van der Waals surface area contributed by atoms with Crippen molar-refractivity contribution in [3.8, 4) is 0 Å². The van der Waals surface area contributed by atoms with E-state index in [0.717, 1.165) is 0 Å². The van der Waals surface area contributed by atoms with E-state index in [9.17, 15) is 14.9 Å². The Labute approximate surface area is 110 Å². The fraction of sp³-hybridized carbons (Fsp3) is 0.308. The summed E-state index contributed by atoms with van der Waals surface area (Å²) in [7, 11) is 0. The van der Waals surface area contributed by atoms with Gasteiger partial charge in [0.1, 0.15) is 0 Å². The van der Waals surface area contributed by atoms with Crippen LogP contribution in [0.25, 0.3) is 5.57 Å². The highest BCUT2D eigenvalue weighted by atomic mass is 16.9. The molecule has 0 N–H and O–H groups in total. The van der Waals surface area contributed by atoms with E-state index in [1.807, 2.05) is 18.2 Å². The van der Waals surface area contributed by atoms with E-state index in [4.69, 9.17) is 4.74 Å². The molecule has 1 rings (SSSR count). The van der Waals surface area contributed by atoms with Crippen LogP contribution in [0.3, 0.4) is 0 Å². The maximum atomic E-state index is 11.6. The van der Waals surface area contributed by atoms with Crippen molar-refractivity contribution in [3.63, 3.8) is 0 Å². The lowest BCUT2D eigenvalue weighted by atomic mass is 10.1. The molecule has 1 aromatic rings. The first-order chi connectivity index (χ1) is 9.11. The van der Waals surface area contributed by atoms with E-state index in [1.54, 1.807) is 12.1 Å². The fourth-order valence-corrected chi connectivity index (χ4v) is 1.35.